The highest BCUT2D eigenvalue weighted by Gasteiger charge is 2.19. The number of halogens is 2. The molecule has 0 aliphatic carbocycles. The molecule has 0 aliphatic rings. The van der Waals surface area contributed by atoms with Crippen molar-refractivity contribution in [1.82, 2.24) is 5.32 Å². The van der Waals surface area contributed by atoms with Crippen LogP contribution in [-0.2, 0) is 16.1 Å². The molecule has 0 heterocycles. The summed E-state index contributed by atoms with van der Waals surface area (Å²) in [5.41, 5.74) is 0.979. The molecule has 1 rings (SSSR count). The van der Waals surface area contributed by atoms with E-state index in [2.05, 4.69) is 19.2 Å². The topological polar surface area (TPSA) is 38.3 Å². The summed E-state index contributed by atoms with van der Waals surface area (Å²) in [6.07, 6.45) is 0.730. The predicted molar refractivity (Wildman–Crippen MR) is 78.6 cm³/mol. The molecule has 1 aromatic rings. The lowest BCUT2D eigenvalue weighted by Crippen LogP contribution is -2.38. The van der Waals surface area contributed by atoms with Crippen LogP contribution in [0.15, 0.2) is 18.2 Å². The molecular formula is C14H19Cl2NO2. The maximum absolute atomic E-state index is 11.7. The van der Waals surface area contributed by atoms with Crippen LogP contribution in [0.2, 0.25) is 10.0 Å². The number of benzene rings is 1. The molecule has 5 heteroatoms. The van der Waals surface area contributed by atoms with Crippen molar-refractivity contribution >= 4 is 29.2 Å². The monoisotopic (exact) mass is 303 g/mol. The number of carbonyl (C=O) groups is 1. The Bertz CT molecular complexity index is 435. The number of carbonyl (C=O) groups excluding carboxylic acids is 1. The molecule has 0 bridgehead atoms. The van der Waals surface area contributed by atoms with Crippen LogP contribution in [0, 0.1) is 5.92 Å². The number of rotatable bonds is 6. The molecule has 3 nitrogen and oxygen atoms in total. The zero-order valence-electron chi connectivity index (χ0n) is 11.4. The SMILES string of the molecule is COC(=O)C(CC(C)C)NCc1ccc(Cl)c(Cl)c1. The Balaban J connectivity index is 2.64. The molecule has 106 valence electrons. The van der Waals surface area contributed by atoms with Gasteiger partial charge >= 0.3 is 5.97 Å². The maximum atomic E-state index is 11.7. The minimum Gasteiger partial charge on any atom is -0.468 e. The molecular weight excluding hydrogens is 285 g/mol. The zero-order chi connectivity index (χ0) is 14.4. The Morgan fingerprint density at radius 3 is 2.53 bits per heavy atom. The molecule has 1 N–H and O–H groups in total. The highest BCUT2D eigenvalue weighted by molar-refractivity contribution is 6.42. The van der Waals surface area contributed by atoms with Gasteiger partial charge in [-0.2, -0.15) is 0 Å². The van der Waals surface area contributed by atoms with E-state index in [0.717, 1.165) is 12.0 Å². The second-order valence-corrected chi connectivity index (χ2v) is 5.65. The molecule has 0 fully saturated rings. The summed E-state index contributed by atoms with van der Waals surface area (Å²) in [4.78, 5) is 11.7. The molecule has 0 amide bonds. The summed E-state index contributed by atoms with van der Waals surface area (Å²) in [5, 5.41) is 4.23. The molecule has 0 saturated heterocycles. The lowest BCUT2D eigenvalue weighted by molar-refractivity contribution is -0.143. The van der Waals surface area contributed by atoms with E-state index in [-0.39, 0.29) is 12.0 Å². The number of nitrogens with one attached hydrogen (secondary N) is 1. The first-order chi connectivity index (χ1) is 8.93. The van der Waals surface area contributed by atoms with Gasteiger partial charge < -0.3 is 10.1 Å². The Kier molecular flexibility index (Phi) is 6.63. The quantitative estimate of drug-likeness (QED) is 0.815. The van der Waals surface area contributed by atoms with Crippen LogP contribution in [0.25, 0.3) is 0 Å². The minimum absolute atomic E-state index is 0.242. The second-order valence-electron chi connectivity index (χ2n) is 4.83. The Morgan fingerprint density at radius 2 is 2.00 bits per heavy atom. The third kappa shape index (κ3) is 5.39. The van der Waals surface area contributed by atoms with E-state index >= 15 is 0 Å². The summed E-state index contributed by atoms with van der Waals surface area (Å²) in [7, 11) is 1.40. The van der Waals surface area contributed by atoms with Crippen LogP contribution >= 0.6 is 23.2 Å². The van der Waals surface area contributed by atoms with Gasteiger partial charge in [0, 0.05) is 6.54 Å². The van der Waals surface area contributed by atoms with Crippen LogP contribution in [0.5, 0.6) is 0 Å². The van der Waals surface area contributed by atoms with E-state index in [9.17, 15) is 4.79 Å². The van der Waals surface area contributed by atoms with Gasteiger partial charge in [0.2, 0.25) is 0 Å². The Labute approximate surface area is 124 Å². The number of ether oxygens (including phenoxy) is 1. The van der Waals surface area contributed by atoms with E-state index in [4.69, 9.17) is 27.9 Å². The van der Waals surface area contributed by atoms with Gasteiger partial charge in [0.25, 0.3) is 0 Å². The molecule has 0 aromatic heterocycles. The first-order valence-corrected chi connectivity index (χ1v) is 6.94. The van der Waals surface area contributed by atoms with E-state index in [0.29, 0.717) is 22.5 Å². The average molecular weight is 304 g/mol. The fourth-order valence-electron chi connectivity index (χ4n) is 1.77. The van der Waals surface area contributed by atoms with Crippen molar-refractivity contribution < 1.29 is 9.53 Å². The standard InChI is InChI=1S/C14H19Cl2NO2/c1-9(2)6-13(14(18)19-3)17-8-10-4-5-11(15)12(16)7-10/h4-5,7,9,13,17H,6,8H2,1-3H3. The molecule has 0 radical (unpaired) electrons. The average Bonchev–Trinajstić information content (AvgIpc) is 2.37. The summed E-state index contributed by atoms with van der Waals surface area (Å²) >= 11 is 11.8. The van der Waals surface area contributed by atoms with Gasteiger partial charge in [0.15, 0.2) is 0 Å². The summed E-state index contributed by atoms with van der Waals surface area (Å²) in [6, 6.07) is 5.11. The van der Waals surface area contributed by atoms with Gasteiger partial charge in [-0.15, -0.1) is 0 Å². The number of hydrogen-bond donors (Lipinski definition) is 1. The van der Waals surface area contributed by atoms with Crippen molar-refractivity contribution in [3.63, 3.8) is 0 Å². The molecule has 1 unspecified atom stereocenters. The largest absolute Gasteiger partial charge is 0.468 e. The van der Waals surface area contributed by atoms with Crippen LogP contribution in [0.3, 0.4) is 0 Å². The second kappa shape index (κ2) is 7.73. The van der Waals surface area contributed by atoms with E-state index < -0.39 is 0 Å². The fourth-order valence-corrected chi connectivity index (χ4v) is 2.09. The first kappa shape index (κ1) is 16.3. The third-order valence-corrected chi connectivity index (χ3v) is 3.47. The van der Waals surface area contributed by atoms with E-state index in [1.165, 1.54) is 7.11 Å². The fraction of sp³-hybridized carbons (Fsp3) is 0.500. The van der Waals surface area contributed by atoms with Gasteiger partial charge in [-0.1, -0.05) is 43.1 Å². The lowest BCUT2D eigenvalue weighted by Gasteiger charge is -2.18. The van der Waals surface area contributed by atoms with Crippen LogP contribution < -0.4 is 5.32 Å². The van der Waals surface area contributed by atoms with E-state index in [1.54, 1.807) is 12.1 Å². The smallest absolute Gasteiger partial charge is 0.322 e. The highest BCUT2D eigenvalue weighted by Crippen LogP contribution is 2.22. The first-order valence-electron chi connectivity index (χ1n) is 6.19. The van der Waals surface area contributed by atoms with Gasteiger partial charge in [0.1, 0.15) is 6.04 Å². The van der Waals surface area contributed by atoms with Crippen molar-refractivity contribution in [2.75, 3.05) is 7.11 Å². The van der Waals surface area contributed by atoms with Gasteiger partial charge in [-0.05, 0) is 30.0 Å². The highest BCUT2D eigenvalue weighted by atomic mass is 35.5. The molecule has 0 aliphatic heterocycles. The maximum Gasteiger partial charge on any atom is 0.322 e. The molecule has 0 saturated carbocycles. The number of hydrogen-bond acceptors (Lipinski definition) is 3. The van der Waals surface area contributed by atoms with Crippen molar-refractivity contribution in [3.8, 4) is 0 Å². The van der Waals surface area contributed by atoms with Crippen molar-refractivity contribution in [2.24, 2.45) is 5.92 Å². The number of esters is 1. The Morgan fingerprint density at radius 1 is 1.32 bits per heavy atom. The van der Waals surface area contributed by atoms with E-state index in [1.807, 2.05) is 6.07 Å². The molecule has 19 heavy (non-hydrogen) atoms. The summed E-state index contributed by atoms with van der Waals surface area (Å²) in [6.45, 7) is 4.68. The van der Waals surface area contributed by atoms with Crippen LogP contribution in [0.4, 0.5) is 0 Å². The summed E-state index contributed by atoms with van der Waals surface area (Å²) < 4.78 is 4.80. The minimum atomic E-state index is -0.306. The summed E-state index contributed by atoms with van der Waals surface area (Å²) in [5.74, 6) is 0.166. The van der Waals surface area contributed by atoms with Crippen molar-refractivity contribution in [3.05, 3.63) is 33.8 Å². The lowest BCUT2D eigenvalue weighted by atomic mass is 10.0. The van der Waals surface area contributed by atoms with Crippen molar-refractivity contribution in [1.29, 1.82) is 0 Å². The number of methoxy groups -OCH3 is 1. The molecule has 0 spiro atoms. The zero-order valence-corrected chi connectivity index (χ0v) is 12.9. The third-order valence-electron chi connectivity index (χ3n) is 2.73. The van der Waals surface area contributed by atoms with Gasteiger partial charge in [-0.25, -0.2) is 0 Å². The molecule has 1 aromatic carbocycles. The Hall–Kier alpha value is -0.770. The van der Waals surface area contributed by atoms with Gasteiger partial charge in [-0.3, -0.25) is 4.79 Å². The van der Waals surface area contributed by atoms with Crippen molar-refractivity contribution in [2.45, 2.75) is 32.9 Å². The predicted octanol–water partition coefficient (Wildman–Crippen LogP) is 3.67. The van der Waals surface area contributed by atoms with Crippen LogP contribution in [-0.4, -0.2) is 19.1 Å². The van der Waals surface area contributed by atoms with Gasteiger partial charge in [0.05, 0.1) is 17.2 Å². The normalized spacial score (nSPS) is 12.5. The van der Waals surface area contributed by atoms with Crippen LogP contribution in [0.1, 0.15) is 25.8 Å². The molecule has 1 atom stereocenters.